The van der Waals surface area contributed by atoms with Crippen molar-refractivity contribution in [3.05, 3.63) is 158 Å². The summed E-state index contributed by atoms with van der Waals surface area (Å²) in [4.78, 5) is 37.0. The van der Waals surface area contributed by atoms with E-state index < -0.39 is 24.1 Å². The number of quaternary nitrogens is 1. The van der Waals surface area contributed by atoms with Crippen LogP contribution in [0.3, 0.4) is 0 Å². The Morgan fingerprint density at radius 1 is 0.448 bits per heavy atom. The van der Waals surface area contributed by atoms with Crippen LogP contribution in [0.2, 0.25) is 0 Å². The van der Waals surface area contributed by atoms with Crippen LogP contribution in [0.5, 0.6) is 0 Å². The maximum Gasteiger partial charge on any atom is 0.306 e. The number of hydrogen-bond acceptors (Lipinski definition) is 7. The monoisotopic (exact) mass is 924 g/mol. The zero-order valence-electron chi connectivity index (χ0n) is 42.2. The number of likely N-dealkylation sites (N-methyl/N-ethyl adjacent to an activating group) is 1. The topological polar surface area (TPSA) is 102 Å². The van der Waals surface area contributed by atoms with E-state index in [9.17, 15) is 19.5 Å². The molecule has 2 atom stereocenters. The first-order valence-corrected chi connectivity index (χ1v) is 25.0. The first kappa shape index (κ1) is 62.0. The van der Waals surface area contributed by atoms with Gasteiger partial charge in [-0.1, -0.05) is 172 Å². The van der Waals surface area contributed by atoms with Gasteiger partial charge in [-0.15, -0.1) is 0 Å². The number of hydrogen-bond donors (Lipinski definition) is 0. The second-order valence-electron chi connectivity index (χ2n) is 16.9. The Morgan fingerprint density at radius 3 is 1.07 bits per heavy atom. The van der Waals surface area contributed by atoms with Gasteiger partial charge in [0.25, 0.3) is 0 Å². The lowest BCUT2D eigenvalue weighted by Gasteiger charge is -2.34. The van der Waals surface area contributed by atoms with Gasteiger partial charge in [0.15, 0.2) is 6.10 Å². The molecule has 8 heteroatoms. The molecule has 0 radical (unpaired) electrons. The van der Waals surface area contributed by atoms with Gasteiger partial charge in [-0.05, 0) is 109 Å². The number of unbranched alkanes of at least 4 members (excludes halogenated alkanes) is 2. The Bertz CT molecular complexity index is 1640. The molecule has 0 aromatic rings. The number of carbonyl (C=O) groups excluding carboxylic acids is 3. The van der Waals surface area contributed by atoms with Gasteiger partial charge in [-0.2, -0.15) is 0 Å². The predicted molar refractivity (Wildman–Crippen MR) is 281 cm³/mol. The molecule has 0 rings (SSSR count). The molecule has 0 amide bonds. The van der Waals surface area contributed by atoms with Gasteiger partial charge >= 0.3 is 11.9 Å². The average Bonchev–Trinajstić information content (AvgIpc) is 3.29. The van der Waals surface area contributed by atoms with Crippen molar-refractivity contribution in [1.82, 2.24) is 0 Å². The summed E-state index contributed by atoms with van der Waals surface area (Å²) in [7, 11) is 5.35. The van der Waals surface area contributed by atoms with Crippen molar-refractivity contribution in [1.29, 1.82) is 0 Å². The number of carboxylic acid groups (broad SMARTS) is 1. The van der Waals surface area contributed by atoms with Crippen LogP contribution in [0.1, 0.15) is 142 Å². The van der Waals surface area contributed by atoms with E-state index >= 15 is 0 Å². The fourth-order valence-electron chi connectivity index (χ4n) is 6.13. The van der Waals surface area contributed by atoms with Crippen LogP contribution in [0, 0.1) is 0 Å². The number of nitrogens with zero attached hydrogens (tertiary/aromatic N) is 1. The molecule has 0 aromatic heterocycles. The van der Waals surface area contributed by atoms with Gasteiger partial charge in [0, 0.05) is 19.3 Å². The summed E-state index contributed by atoms with van der Waals surface area (Å²) < 4.78 is 17.1. The van der Waals surface area contributed by atoms with E-state index in [-0.39, 0.29) is 49.5 Å². The van der Waals surface area contributed by atoms with Gasteiger partial charge in [0.1, 0.15) is 12.6 Å². The lowest BCUT2D eigenvalue weighted by molar-refractivity contribution is -0.889. The van der Waals surface area contributed by atoms with Crippen LogP contribution in [-0.2, 0) is 28.6 Å². The Kier molecular flexibility index (Phi) is 43.9. The third-order valence-electron chi connectivity index (χ3n) is 9.91. The van der Waals surface area contributed by atoms with Crippen molar-refractivity contribution in [2.45, 2.75) is 154 Å². The van der Waals surface area contributed by atoms with E-state index in [0.717, 1.165) is 96.3 Å². The minimum atomic E-state index is -1.15. The summed E-state index contributed by atoms with van der Waals surface area (Å²) in [5.74, 6) is -1.92. The van der Waals surface area contributed by atoms with E-state index in [4.69, 9.17) is 14.2 Å². The Labute approximate surface area is 408 Å². The van der Waals surface area contributed by atoms with Crippen molar-refractivity contribution in [2.75, 3.05) is 41.0 Å². The number of ether oxygens (including phenoxy) is 3. The summed E-state index contributed by atoms with van der Waals surface area (Å²) in [5, 5.41) is 11.7. The van der Waals surface area contributed by atoms with Crippen LogP contribution in [-0.4, -0.2) is 75.5 Å². The van der Waals surface area contributed by atoms with Gasteiger partial charge in [-0.3, -0.25) is 9.59 Å². The summed E-state index contributed by atoms with van der Waals surface area (Å²) in [6.45, 7) is 4.28. The third kappa shape index (κ3) is 45.9. The predicted octanol–water partition coefficient (Wildman–Crippen LogP) is 13.4. The van der Waals surface area contributed by atoms with Gasteiger partial charge in [0.2, 0.25) is 0 Å². The SMILES string of the molecule is CC/C=C/C/C=C/C/C=C/C/C=C/C/C=C/C/C=C/C/C=C/CCCC(=O)OCC(COCCC(C(=O)[O-])[N+](C)(C)C)OC(=O)CCC/C=C/C/C=C/C/C=C/C/C=C/C/C=C/C/C=C/CC. The molecule has 0 aromatic carbocycles. The van der Waals surface area contributed by atoms with E-state index in [0.29, 0.717) is 12.8 Å². The van der Waals surface area contributed by atoms with Crippen molar-refractivity contribution in [2.24, 2.45) is 0 Å². The molecule has 0 saturated heterocycles. The molecule has 0 heterocycles. The molecule has 0 fully saturated rings. The molecule has 0 aliphatic heterocycles. The van der Waals surface area contributed by atoms with Crippen LogP contribution >= 0.6 is 0 Å². The lowest BCUT2D eigenvalue weighted by atomic mass is 10.1. The maximum atomic E-state index is 12.8. The molecule has 0 bridgehead atoms. The zero-order valence-corrected chi connectivity index (χ0v) is 42.2. The van der Waals surface area contributed by atoms with E-state index in [1.807, 2.05) is 0 Å². The first-order valence-electron chi connectivity index (χ1n) is 25.0. The molecule has 8 nitrogen and oxygen atoms in total. The number of esters is 2. The smallest absolute Gasteiger partial charge is 0.306 e. The van der Waals surface area contributed by atoms with Gasteiger partial charge in [0.05, 0.1) is 40.3 Å². The van der Waals surface area contributed by atoms with E-state index in [1.54, 1.807) is 21.1 Å². The van der Waals surface area contributed by atoms with E-state index in [1.165, 1.54) is 0 Å². The van der Waals surface area contributed by atoms with Crippen molar-refractivity contribution < 1.29 is 38.2 Å². The molecule has 0 aliphatic carbocycles. The molecular weight excluding hydrogens is 835 g/mol. The van der Waals surface area contributed by atoms with Crippen LogP contribution in [0.15, 0.2) is 158 Å². The minimum absolute atomic E-state index is 0.0135. The first-order chi connectivity index (χ1) is 32.6. The maximum absolute atomic E-state index is 12.8. The van der Waals surface area contributed by atoms with Gasteiger partial charge in [-0.25, -0.2) is 0 Å². The highest BCUT2D eigenvalue weighted by atomic mass is 16.6. The van der Waals surface area contributed by atoms with Crippen LogP contribution in [0.25, 0.3) is 0 Å². The Hall–Kier alpha value is -5.05. The van der Waals surface area contributed by atoms with Crippen molar-refractivity contribution in [3.63, 3.8) is 0 Å². The molecule has 0 spiro atoms. The highest BCUT2D eigenvalue weighted by molar-refractivity contribution is 5.70. The summed E-state index contributed by atoms with van der Waals surface area (Å²) in [5.41, 5.74) is 0. The lowest BCUT2D eigenvalue weighted by Crippen LogP contribution is -2.55. The standard InChI is InChI=1S/C59H89NO7/c1-6-8-10-12-14-16-18-20-22-24-26-28-29-30-32-33-35-37-39-41-43-45-47-49-57(61)66-54-55(53-65-52-51-56(59(63)64)60(3,4)5)67-58(62)50-48-46-44-42-40-38-36-34-31-27-25-23-21-19-17-15-13-11-9-7-2/h8-11,14-17,20-23,26-28,30-32,35-38,41-44,55-56H,6-7,12-13,18-19,24-25,29,33-34,39-40,45-54H2,1-5H3/b10-8+,11-9+,16-14+,17-15+,22-20+,23-21+,28-26+,31-27+,32-30+,37-35+,38-36+,43-41+,44-42+. The van der Waals surface area contributed by atoms with E-state index in [2.05, 4.69) is 172 Å². The fraction of sp³-hybridized carbons (Fsp3) is 0.508. The van der Waals surface area contributed by atoms with Gasteiger partial charge < -0.3 is 28.6 Å². The van der Waals surface area contributed by atoms with Crippen molar-refractivity contribution >= 4 is 17.9 Å². The number of carbonyl (C=O) groups is 3. The van der Waals surface area contributed by atoms with Crippen LogP contribution in [0.4, 0.5) is 0 Å². The highest BCUT2D eigenvalue weighted by Gasteiger charge is 2.25. The number of carboxylic acids is 1. The van der Waals surface area contributed by atoms with Crippen molar-refractivity contribution in [3.8, 4) is 0 Å². The zero-order chi connectivity index (χ0) is 49.2. The summed E-state index contributed by atoms with van der Waals surface area (Å²) in [6, 6.07) is -0.757. The Morgan fingerprint density at radius 2 is 0.761 bits per heavy atom. The number of aliphatic carboxylic acids is 1. The van der Waals surface area contributed by atoms with Crippen LogP contribution < -0.4 is 5.11 Å². The largest absolute Gasteiger partial charge is 0.544 e. The molecule has 67 heavy (non-hydrogen) atoms. The summed E-state index contributed by atoms with van der Waals surface area (Å²) in [6.07, 6.45) is 71.5. The second kappa shape index (κ2) is 47.4. The molecule has 2 unspecified atom stereocenters. The fourth-order valence-corrected chi connectivity index (χ4v) is 6.13. The molecule has 0 N–H and O–H groups in total. The molecule has 0 aliphatic rings. The second-order valence-corrected chi connectivity index (χ2v) is 16.9. The molecule has 372 valence electrons. The third-order valence-corrected chi connectivity index (χ3v) is 9.91. The normalized spacial score (nSPS) is 14.2. The Balaban J connectivity index is 4.51. The average molecular weight is 924 g/mol. The molecular formula is C59H89NO7. The molecule has 0 saturated carbocycles. The highest BCUT2D eigenvalue weighted by Crippen LogP contribution is 2.10. The summed E-state index contributed by atoms with van der Waals surface area (Å²) >= 11 is 0. The number of allylic oxidation sites excluding steroid dienone is 26. The quantitative estimate of drug-likeness (QED) is 0.0260. The number of rotatable bonds is 42. The minimum Gasteiger partial charge on any atom is -0.544 e.